The molecule has 0 saturated heterocycles. The molecule has 1 aliphatic rings. The zero-order valence-electron chi connectivity index (χ0n) is 10.3. The molecule has 3 rings (SSSR count). The molecule has 94 valence electrons. The van der Waals surface area contributed by atoms with Crippen LogP contribution in [-0.2, 0) is 0 Å². The molecule has 0 bridgehead atoms. The average molecular weight is 305 g/mol. The molecule has 0 spiro atoms. The highest BCUT2D eigenvalue weighted by Crippen LogP contribution is 2.36. The monoisotopic (exact) mass is 304 g/mol. The zero-order valence-corrected chi connectivity index (χ0v) is 11.9. The Labute approximate surface area is 116 Å². The third kappa shape index (κ3) is 2.17. The lowest BCUT2D eigenvalue weighted by molar-refractivity contribution is 0.436. The fourth-order valence-electron chi connectivity index (χ4n) is 2.88. The number of hydrogen-bond donors (Lipinski definition) is 1. The molecule has 2 N–H and O–H groups in total. The number of fused-ring (bicyclic) bond motifs is 1. The SMILES string of the molecule is NC(c1nc2ccccc2cc1Br)C1CCCC1. The average Bonchev–Trinajstić information content (AvgIpc) is 2.91. The summed E-state index contributed by atoms with van der Waals surface area (Å²) in [4.78, 5) is 4.75. The minimum atomic E-state index is 0.0616. The Morgan fingerprint density at radius 3 is 2.72 bits per heavy atom. The van der Waals surface area contributed by atoms with Crippen LogP contribution in [0.3, 0.4) is 0 Å². The van der Waals surface area contributed by atoms with Gasteiger partial charge < -0.3 is 5.73 Å². The van der Waals surface area contributed by atoms with E-state index in [1.165, 1.54) is 25.7 Å². The molecule has 1 heterocycles. The maximum Gasteiger partial charge on any atom is 0.0723 e. The molecule has 1 fully saturated rings. The van der Waals surface area contributed by atoms with Gasteiger partial charge in [0, 0.05) is 9.86 Å². The first-order valence-corrected chi connectivity index (χ1v) is 7.36. The topological polar surface area (TPSA) is 38.9 Å². The normalized spacial score (nSPS) is 18.3. The van der Waals surface area contributed by atoms with E-state index in [-0.39, 0.29) is 6.04 Å². The molecule has 3 heteroatoms. The summed E-state index contributed by atoms with van der Waals surface area (Å²) in [6, 6.07) is 10.4. The van der Waals surface area contributed by atoms with Gasteiger partial charge in [0.2, 0.25) is 0 Å². The van der Waals surface area contributed by atoms with Crippen molar-refractivity contribution in [1.29, 1.82) is 0 Å². The summed E-state index contributed by atoms with van der Waals surface area (Å²) in [5, 5.41) is 1.16. The Hall–Kier alpha value is -0.930. The van der Waals surface area contributed by atoms with Gasteiger partial charge in [0.15, 0.2) is 0 Å². The third-order valence-corrected chi connectivity index (χ3v) is 4.56. The number of halogens is 1. The highest BCUT2D eigenvalue weighted by atomic mass is 79.9. The number of hydrogen-bond acceptors (Lipinski definition) is 2. The first kappa shape index (κ1) is 12.1. The summed E-state index contributed by atoms with van der Waals surface area (Å²) in [5.41, 5.74) is 8.45. The van der Waals surface area contributed by atoms with Crippen molar-refractivity contribution in [2.45, 2.75) is 31.7 Å². The molecule has 1 unspecified atom stereocenters. The number of para-hydroxylation sites is 1. The fourth-order valence-corrected chi connectivity index (χ4v) is 3.48. The first-order chi connectivity index (χ1) is 8.75. The minimum Gasteiger partial charge on any atom is -0.322 e. The predicted molar refractivity (Wildman–Crippen MR) is 78.3 cm³/mol. The van der Waals surface area contributed by atoms with Crippen LogP contribution in [0, 0.1) is 5.92 Å². The summed E-state index contributed by atoms with van der Waals surface area (Å²) in [7, 11) is 0. The summed E-state index contributed by atoms with van der Waals surface area (Å²) >= 11 is 3.62. The molecule has 0 aliphatic heterocycles. The quantitative estimate of drug-likeness (QED) is 0.903. The van der Waals surface area contributed by atoms with Crippen molar-refractivity contribution in [3.8, 4) is 0 Å². The van der Waals surface area contributed by atoms with Crippen LogP contribution in [0.4, 0.5) is 0 Å². The van der Waals surface area contributed by atoms with Crippen molar-refractivity contribution < 1.29 is 0 Å². The van der Waals surface area contributed by atoms with Crippen LogP contribution in [0.1, 0.15) is 37.4 Å². The first-order valence-electron chi connectivity index (χ1n) is 6.56. The second-order valence-corrected chi connectivity index (χ2v) is 5.97. The molecule has 1 aromatic carbocycles. The Morgan fingerprint density at radius 1 is 1.22 bits per heavy atom. The van der Waals surface area contributed by atoms with E-state index in [9.17, 15) is 0 Å². The number of pyridine rings is 1. The largest absolute Gasteiger partial charge is 0.322 e. The summed E-state index contributed by atoms with van der Waals surface area (Å²) < 4.78 is 1.04. The molecule has 0 amide bonds. The zero-order chi connectivity index (χ0) is 12.5. The van der Waals surface area contributed by atoms with Crippen LogP contribution in [-0.4, -0.2) is 4.98 Å². The van der Waals surface area contributed by atoms with Crippen LogP contribution in [0.5, 0.6) is 0 Å². The highest BCUT2D eigenvalue weighted by molar-refractivity contribution is 9.10. The fraction of sp³-hybridized carbons (Fsp3) is 0.400. The smallest absolute Gasteiger partial charge is 0.0723 e. The molecule has 2 nitrogen and oxygen atoms in total. The van der Waals surface area contributed by atoms with Crippen molar-refractivity contribution in [2.24, 2.45) is 11.7 Å². The third-order valence-electron chi connectivity index (χ3n) is 3.93. The lowest BCUT2D eigenvalue weighted by Crippen LogP contribution is -2.21. The molecule has 1 aliphatic carbocycles. The Kier molecular flexibility index (Phi) is 3.35. The van der Waals surface area contributed by atoms with Gasteiger partial charge in [0.05, 0.1) is 17.3 Å². The van der Waals surface area contributed by atoms with Gasteiger partial charge in [-0.05, 0) is 46.8 Å². The molecule has 0 radical (unpaired) electrons. The summed E-state index contributed by atoms with van der Waals surface area (Å²) in [5.74, 6) is 0.593. The Morgan fingerprint density at radius 2 is 1.94 bits per heavy atom. The van der Waals surface area contributed by atoms with Gasteiger partial charge in [0.1, 0.15) is 0 Å². The van der Waals surface area contributed by atoms with E-state index in [0.717, 1.165) is 21.1 Å². The second kappa shape index (κ2) is 4.98. The molecule has 1 saturated carbocycles. The second-order valence-electron chi connectivity index (χ2n) is 5.12. The number of nitrogens with two attached hydrogens (primary N) is 1. The number of rotatable bonds is 2. The van der Waals surface area contributed by atoms with E-state index < -0.39 is 0 Å². The lowest BCUT2D eigenvalue weighted by Gasteiger charge is -2.20. The van der Waals surface area contributed by atoms with E-state index >= 15 is 0 Å². The predicted octanol–water partition coefficient (Wildman–Crippen LogP) is 4.19. The number of aromatic nitrogens is 1. The van der Waals surface area contributed by atoms with Crippen molar-refractivity contribution in [3.63, 3.8) is 0 Å². The summed E-state index contributed by atoms with van der Waals surface area (Å²) in [6.45, 7) is 0. The van der Waals surface area contributed by atoms with Crippen LogP contribution in [0.2, 0.25) is 0 Å². The summed E-state index contributed by atoms with van der Waals surface area (Å²) in [6.07, 6.45) is 5.09. The van der Waals surface area contributed by atoms with Crippen molar-refractivity contribution in [2.75, 3.05) is 0 Å². The van der Waals surface area contributed by atoms with Gasteiger partial charge >= 0.3 is 0 Å². The lowest BCUT2D eigenvalue weighted by atomic mass is 9.95. The van der Waals surface area contributed by atoms with Gasteiger partial charge in [0.25, 0.3) is 0 Å². The van der Waals surface area contributed by atoms with Crippen LogP contribution >= 0.6 is 15.9 Å². The van der Waals surface area contributed by atoms with Crippen molar-refractivity contribution >= 4 is 26.8 Å². The van der Waals surface area contributed by atoms with Crippen molar-refractivity contribution in [3.05, 3.63) is 40.5 Å². The molecule has 2 aromatic rings. The number of nitrogens with zero attached hydrogens (tertiary/aromatic N) is 1. The van der Waals surface area contributed by atoms with E-state index in [4.69, 9.17) is 10.7 Å². The molecular formula is C15H17BrN2. The number of benzene rings is 1. The van der Waals surface area contributed by atoms with Crippen molar-refractivity contribution in [1.82, 2.24) is 4.98 Å². The van der Waals surface area contributed by atoms with E-state index in [0.29, 0.717) is 5.92 Å². The Balaban J connectivity index is 2.02. The molecular weight excluding hydrogens is 288 g/mol. The maximum atomic E-state index is 6.40. The maximum absolute atomic E-state index is 6.40. The molecule has 1 atom stereocenters. The van der Waals surface area contributed by atoms with Gasteiger partial charge in [-0.15, -0.1) is 0 Å². The van der Waals surface area contributed by atoms with E-state index in [1.807, 2.05) is 18.2 Å². The van der Waals surface area contributed by atoms with Crippen LogP contribution < -0.4 is 5.73 Å². The Bertz CT molecular complexity index is 561. The van der Waals surface area contributed by atoms with E-state index in [1.54, 1.807) is 0 Å². The van der Waals surface area contributed by atoms with Crippen LogP contribution in [0.15, 0.2) is 34.8 Å². The van der Waals surface area contributed by atoms with E-state index in [2.05, 4.69) is 28.1 Å². The standard InChI is InChI=1S/C15H17BrN2/c16-12-9-11-7-3-4-8-13(11)18-15(12)14(17)10-5-1-2-6-10/h3-4,7-10,14H,1-2,5-6,17H2. The van der Waals surface area contributed by atoms with Crippen LogP contribution in [0.25, 0.3) is 10.9 Å². The minimum absolute atomic E-state index is 0.0616. The van der Waals surface area contributed by atoms with Gasteiger partial charge in [-0.3, -0.25) is 0 Å². The molecule has 1 aromatic heterocycles. The van der Waals surface area contributed by atoms with Gasteiger partial charge in [-0.1, -0.05) is 31.0 Å². The molecule has 18 heavy (non-hydrogen) atoms. The highest BCUT2D eigenvalue weighted by Gasteiger charge is 2.25. The van der Waals surface area contributed by atoms with Gasteiger partial charge in [-0.25, -0.2) is 4.98 Å². The van der Waals surface area contributed by atoms with Gasteiger partial charge in [-0.2, -0.15) is 0 Å².